The Labute approximate surface area is 157 Å². The van der Waals surface area contributed by atoms with Crippen LogP contribution >= 0.6 is 0 Å². The summed E-state index contributed by atoms with van der Waals surface area (Å²) in [6.45, 7) is 1.93. The van der Waals surface area contributed by atoms with E-state index in [0.717, 1.165) is 60.6 Å². The number of anilines is 1. The Balaban J connectivity index is 1.39. The summed E-state index contributed by atoms with van der Waals surface area (Å²) < 4.78 is 16.6. The Bertz CT molecular complexity index is 970. The van der Waals surface area contributed by atoms with Crippen molar-refractivity contribution in [1.29, 1.82) is 0 Å². The number of aromatic nitrogens is 2. The highest BCUT2D eigenvalue weighted by molar-refractivity contribution is 5.89. The first-order valence-corrected chi connectivity index (χ1v) is 9.33. The summed E-state index contributed by atoms with van der Waals surface area (Å²) in [5.41, 5.74) is 3.33. The first-order valence-electron chi connectivity index (χ1n) is 9.33. The minimum atomic E-state index is 0.270. The summed E-state index contributed by atoms with van der Waals surface area (Å²) >= 11 is 0. The number of nitrogens with one attached hydrogen (secondary N) is 1. The zero-order valence-electron chi connectivity index (χ0n) is 15.0. The van der Waals surface area contributed by atoms with Gasteiger partial charge in [-0.05, 0) is 54.7 Å². The predicted molar refractivity (Wildman–Crippen MR) is 102 cm³/mol. The lowest BCUT2D eigenvalue weighted by Gasteiger charge is -2.13. The van der Waals surface area contributed by atoms with Crippen LogP contribution in [0.4, 0.5) is 5.82 Å². The summed E-state index contributed by atoms with van der Waals surface area (Å²) in [5, 5.41) is 4.48. The smallest absolute Gasteiger partial charge is 0.231 e. The number of hydrogen-bond donors (Lipinski definition) is 1. The molecule has 1 saturated heterocycles. The molecule has 0 aliphatic carbocycles. The second-order valence-electron chi connectivity index (χ2n) is 6.95. The van der Waals surface area contributed by atoms with Gasteiger partial charge in [-0.25, -0.2) is 9.97 Å². The van der Waals surface area contributed by atoms with Gasteiger partial charge in [-0.3, -0.25) is 0 Å². The van der Waals surface area contributed by atoms with E-state index in [2.05, 4.69) is 39.6 Å². The Hall–Kier alpha value is -2.86. The summed E-state index contributed by atoms with van der Waals surface area (Å²) in [7, 11) is 0. The summed E-state index contributed by atoms with van der Waals surface area (Å²) in [4.78, 5) is 8.85. The molecule has 0 spiro atoms. The fraction of sp³-hybridized carbons (Fsp3) is 0.333. The topological polar surface area (TPSA) is 65.5 Å². The van der Waals surface area contributed by atoms with Crippen molar-refractivity contribution in [2.45, 2.75) is 25.4 Å². The molecule has 1 atom stereocenters. The maximum absolute atomic E-state index is 5.70. The molecule has 27 heavy (non-hydrogen) atoms. The van der Waals surface area contributed by atoms with E-state index >= 15 is 0 Å². The second-order valence-corrected chi connectivity index (χ2v) is 6.95. The van der Waals surface area contributed by atoms with Crippen molar-refractivity contribution in [3.8, 4) is 11.5 Å². The van der Waals surface area contributed by atoms with Gasteiger partial charge in [0.15, 0.2) is 11.5 Å². The van der Waals surface area contributed by atoms with Crippen molar-refractivity contribution in [3.63, 3.8) is 0 Å². The van der Waals surface area contributed by atoms with Crippen LogP contribution in [0.3, 0.4) is 0 Å². The quantitative estimate of drug-likeness (QED) is 0.748. The lowest BCUT2D eigenvalue weighted by molar-refractivity contribution is 0.120. The summed E-state index contributed by atoms with van der Waals surface area (Å²) in [6.07, 6.45) is 4.93. The third kappa shape index (κ3) is 3.40. The Morgan fingerprint density at radius 1 is 1.00 bits per heavy atom. The standard InChI is InChI=1S/C21H21N3O3/c1-2-16(25-7-1)11-22-21-17-9-14(3-5-18(17)23-12-24-21)8-15-4-6-19-20(10-15)27-13-26-19/h3-6,9-10,12,16H,1-2,7-8,11,13H2,(H,22,23,24). The molecule has 2 aromatic carbocycles. The Morgan fingerprint density at radius 2 is 1.89 bits per heavy atom. The molecule has 6 heteroatoms. The van der Waals surface area contributed by atoms with E-state index in [1.54, 1.807) is 6.33 Å². The van der Waals surface area contributed by atoms with Crippen LogP contribution in [-0.2, 0) is 11.2 Å². The van der Waals surface area contributed by atoms with Crippen LogP contribution in [0.5, 0.6) is 11.5 Å². The number of rotatable bonds is 5. The lowest BCUT2D eigenvalue weighted by Crippen LogP contribution is -2.19. The number of hydrogen-bond acceptors (Lipinski definition) is 6. The predicted octanol–water partition coefficient (Wildman–Crippen LogP) is 3.54. The molecule has 0 radical (unpaired) electrons. The maximum atomic E-state index is 5.70. The van der Waals surface area contributed by atoms with Crippen LogP contribution in [0.15, 0.2) is 42.7 Å². The second kappa shape index (κ2) is 7.04. The van der Waals surface area contributed by atoms with Crippen LogP contribution in [-0.4, -0.2) is 36.0 Å². The normalized spacial score (nSPS) is 18.1. The molecule has 1 aromatic heterocycles. The van der Waals surface area contributed by atoms with E-state index in [-0.39, 0.29) is 6.10 Å². The Morgan fingerprint density at radius 3 is 2.81 bits per heavy atom. The van der Waals surface area contributed by atoms with E-state index in [1.807, 2.05) is 12.1 Å². The van der Waals surface area contributed by atoms with Crippen LogP contribution in [0, 0.1) is 0 Å². The highest BCUT2D eigenvalue weighted by Gasteiger charge is 2.16. The molecular weight excluding hydrogens is 342 g/mol. The molecule has 0 bridgehead atoms. The first-order chi connectivity index (χ1) is 13.3. The number of benzene rings is 2. The zero-order chi connectivity index (χ0) is 18.1. The minimum absolute atomic E-state index is 0.270. The molecule has 5 rings (SSSR count). The summed E-state index contributed by atoms with van der Waals surface area (Å²) in [6, 6.07) is 12.4. The van der Waals surface area contributed by atoms with Crippen molar-refractivity contribution in [2.75, 3.05) is 25.3 Å². The van der Waals surface area contributed by atoms with Crippen molar-refractivity contribution in [3.05, 3.63) is 53.9 Å². The molecule has 3 aromatic rings. The van der Waals surface area contributed by atoms with E-state index in [9.17, 15) is 0 Å². The highest BCUT2D eigenvalue weighted by atomic mass is 16.7. The van der Waals surface area contributed by atoms with Gasteiger partial charge in [0.2, 0.25) is 6.79 Å². The molecule has 1 fully saturated rings. The van der Waals surface area contributed by atoms with Crippen LogP contribution in [0.25, 0.3) is 10.9 Å². The molecule has 0 saturated carbocycles. The van der Waals surface area contributed by atoms with Gasteiger partial charge < -0.3 is 19.5 Å². The fourth-order valence-corrected chi connectivity index (χ4v) is 3.66. The average Bonchev–Trinajstić information content (AvgIpc) is 3.37. The van der Waals surface area contributed by atoms with E-state index in [4.69, 9.17) is 14.2 Å². The van der Waals surface area contributed by atoms with Crippen molar-refractivity contribution in [2.24, 2.45) is 0 Å². The van der Waals surface area contributed by atoms with Gasteiger partial charge >= 0.3 is 0 Å². The van der Waals surface area contributed by atoms with Crippen LogP contribution < -0.4 is 14.8 Å². The van der Waals surface area contributed by atoms with Gasteiger partial charge in [0.25, 0.3) is 0 Å². The molecular formula is C21H21N3O3. The van der Waals surface area contributed by atoms with Gasteiger partial charge in [-0.15, -0.1) is 0 Å². The third-order valence-corrected chi connectivity index (χ3v) is 5.07. The van der Waals surface area contributed by atoms with Gasteiger partial charge in [-0.1, -0.05) is 12.1 Å². The molecule has 1 unspecified atom stereocenters. The fourth-order valence-electron chi connectivity index (χ4n) is 3.66. The van der Waals surface area contributed by atoms with E-state index < -0.39 is 0 Å². The molecule has 2 aliphatic heterocycles. The third-order valence-electron chi connectivity index (χ3n) is 5.07. The molecule has 1 N–H and O–H groups in total. The average molecular weight is 363 g/mol. The van der Waals surface area contributed by atoms with E-state index in [0.29, 0.717) is 6.79 Å². The minimum Gasteiger partial charge on any atom is -0.454 e. The molecule has 0 amide bonds. The summed E-state index contributed by atoms with van der Waals surface area (Å²) in [5.74, 6) is 2.49. The largest absolute Gasteiger partial charge is 0.454 e. The molecule has 2 aliphatic rings. The Kier molecular flexibility index (Phi) is 4.26. The van der Waals surface area contributed by atoms with Crippen molar-refractivity contribution < 1.29 is 14.2 Å². The number of fused-ring (bicyclic) bond motifs is 2. The zero-order valence-corrected chi connectivity index (χ0v) is 15.0. The van der Waals surface area contributed by atoms with Gasteiger partial charge in [0.1, 0.15) is 12.1 Å². The maximum Gasteiger partial charge on any atom is 0.231 e. The van der Waals surface area contributed by atoms with Crippen LogP contribution in [0.2, 0.25) is 0 Å². The molecule has 6 nitrogen and oxygen atoms in total. The van der Waals surface area contributed by atoms with Gasteiger partial charge in [0.05, 0.1) is 11.6 Å². The van der Waals surface area contributed by atoms with Crippen molar-refractivity contribution >= 4 is 16.7 Å². The SMILES string of the molecule is c1nc(NCC2CCCO2)c2cc(Cc3ccc4c(c3)OCO4)ccc2n1. The number of ether oxygens (including phenoxy) is 3. The van der Waals surface area contributed by atoms with Gasteiger partial charge in [-0.2, -0.15) is 0 Å². The van der Waals surface area contributed by atoms with Crippen molar-refractivity contribution in [1.82, 2.24) is 9.97 Å². The molecule has 138 valence electrons. The monoisotopic (exact) mass is 363 g/mol. The van der Waals surface area contributed by atoms with E-state index in [1.165, 1.54) is 11.1 Å². The number of nitrogens with zero attached hydrogens (tertiary/aromatic N) is 2. The highest BCUT2D eigenvalue weighted by Crippen LogP contribution is 2.33. The van der Waals surface area contributed by atoms with Gasteiger partial charge in [0, 0.05) is 18.5 Å². The molecule has 3 heterocycles. The van der Waals surface area contributed by atoms with Crippen LogP contribution in [0.1, 0.15) is 24.0 Å². The first kappa shape index (κ1) is 16.3. The lowest BCUT2D eigenvalue weighted by atomic mass is 10.0.